The van der Waals surface area contributed by atoms with Gasteiger partial charge >= 0.3 is 0 Å². The van der Waals surface area contributed by atoms with Crippen LogP contribution in [0.15, 0.2) is 6.07 Å². The van der Waals surface area contributed by atoms with Gasteiger partial charge in [0.15, 0.2) is 0 Å². The van der Waals surface area contributed by atoms with Crippen LogP contribution in [0.4, 0.5) is 11.6 Å². The summed E-state index contributed by atoms with van der Waals surface area (Å²) < 4.78 is 0. The molecule has 0 amide bonds. The Morgan fingerprint density at radius 1 is 1.41 bits per heavy atom. The van der Waals surface area contributed by atoms with Crippen LogP contribution < -0.4 is 11.1 Å². The summed E-state index contributed by atoms with van der Waals surface area (Å²) in [5.41, 5.74) is 5.73. The van der Waals surface area contributed by atoms with E-state index in [0.29, 0.717) is 12.2 Å². The topological polar surface area (TPSA) is 84.1 Å². The van der Waals surface area contributed by atoms with Crippen molar-refractivity contribution in [2.24, 2.45) is 0 Å². The Morgan fingerprint density at radius 2 is 2.12 bits per heavy atom. The lowest BCUT2D eigenvalue weighted by molar-refractivity contribution is 0.179. The second-order valence-electron chi connectivity index (χ2n) is 4.47. The summed E-state index contributed by atoms with van der Waals surface area (Å²) in [6.07, 6.45) is 2.16. The van der Waals surface area contributed by atoms with Gasteiger partial charge in [0, 0.05) is 18.5 Å². The summed E-state index contributed by atoms with van der Waals surface area (Å²) in [4.78, 5) is 8.56. The number of hydrogen-bond donors (Lipinski definition) is 3. The zero-order valence-electron chi connectivity index (χ0n) is 10.8. The Morgan fingerprint density at radius 3 is 2.71 bits per heavy atom. The van der Waals surface area contributed by atoms with Crippen molar-refractivity contribution in [3.8, 4) is 0 Å². The molecular weight excluding hydrogens is 216 g/mol. The van der Waals surface area contributed by atoms with Crippen molar-refractivity contribution in [2.75, 3.05) is 11.1 Å². The van der Waals surface area contributed by atoms with Gasteiger partial charge in [-0.3, -0.25) is 0 Å². The maximum atomic E-state index is 9.30. The molecule has 1 aromatic heterocycles. The molecular formula is C12H22N4O. The summed E-state index contributed by atoms with van der Waals surface area (Å²) in [7, 11) is 0. The molecule has 0 bridgehead atoms. The molecule has 4 N–H and O–H groups in total. The normalized spacial score (nSPS) is 14.4. The zero-order chi connectivity index (χ0) is 12.8. The fraction of sp³-hybridized carbons (Fsp3) is 0.667. The number of hydrogen-bond acceptors (Lipinski definition) is 5. The van der Waals surface area contributed by atoms with Gasteiger partial charge in [0.05, 0.1) is 6.10 Å². The Hall–Kier alpha value is -1.36. The summed E-state index contributed by atoms with van der Waals surface area (Å²) in [5.74, 6) is 1.98. The molecule has 0 fully saturated rings. The first-order valence-corrected chi connectivity index (χ1v) is 6.09. The lowest BCUT2D eigenvalue weighted by Crippen LogP contribution is -2.21. The average molecular weight is 238 g/mol. The summed E-state index contributed by atoms with van der Waals surface area (Å²) in [5, 5.41) is 12.5. The smallest absolute Gasteiger partial charge is 0.133 e. The van der Waals surface area contributed by atoms with Crippen LogP contribution in [0.2, 0.25) is 0 Å². The number of aliphatic hydroxyl groups excluding tert-OH is 1. The molecule has 0 aliphatic heterocycles. The van der Waals surface area contributed by atoms with E-state index in [2.05, 4.69) is 22.2 Å². The van der Waals surface area contributed by atoms with Gasteiger partial charge in [-0.05, 0) is 26.7 Å². The number of aryl methyl sites for hydroxylation is 1. The Bertz CT molecular complexity index is 354. The zero-order valence-corrected chi connectivity index (χ0v) is 10.8. The van der Waals surface area contributed by atoms with E-state index in [1.54, 1.807) is 13.0 Å². The van der Waals surface area contributed by atoms with E-state index >= 15 is 0 Å². The summed E-state index contributed by atoms with van der Waals surface area (Å²) in [6, 6.07) is 1.87. The second kappa shape index (κ2) is 6.39. The largest absolute Gasteiger partial charge is 0.393 e. The molecule has 0 saturated carbocycles. The van der Waals surface area contributed by atoms with Crippen LogP contribution in [0.5, 0.6) is 0 Å². The van der Waals surface area contributed by atoms with Crippen molar-refractivity contribution in [1.29, 1.82) is 0 Å². The Labute approximate surface area is 102 Å². The minimum absolute atomic E-state index is 0.152. The van der Waals surface area contributed by atoms with E-state index in [9.17, 15) is 5.11 Å². The molecule has 0 aromatic carbocycles. The van der Waals surface area contributed by atoms with Crippen LogP contribution in [0, 0.1) is 0 Å². The third-order valence-electron chi connectivity index (χ3n) is 2.35. The molecule has 5 heteroatoms. The Kier molecular flexibility index (Phi) is 5.15. The van der Waals surface area contributed by atoms with Crippen LogP contribution in [-0.2, 0) is 6.42 Å². The first kappa shape index (κ1) is 13.7. The molecule has 1 heterocycles. The van der Waals surface area contributed by atoms with Gasteiger partial charge in [0.1, 0.15) is 17.5 Å². The van der Waals surface area contributed by atoms with Crippen molar-refractivity contribution in [3.05, 3.63) is 11.9 Å². The molecule has 2 unspecified atom stereocenters. The van der Waals surface area contributed by atoms with Crippen LogP contribution >= 0.6 is 0 Å². The molecule has 96 valence electrons. The minimum Gasteiger partial charge on any atom is -0.393 e. The molecule has 0 radical (unpaired) electrons. The van der Waals surface area contributed by atoms with Gasteiger partial charge in [-0.15, -0.1) is 0 Å². The number of nitrogens with one attached hydrogen (secondary N) is 1. The fourth-order valence-corrected chi connectivity index (χ4v) is 1.75. The van der Waals surface area contributed by atoms with E-state index in [4.69, 9.17) is 5.73 Å². The van der Waals surface area contributed by atoms with E-state index in [0.717, 1.165) is 24.5 Å². The van der Waals surface area contributed by atoms with Gasteiger partial charge in [-0.1, -0.05) is 6.92 Å². The van der Waals surface area contributed by atoms with Gasteiger partial charge in [0.25, 0.3) is 0 Å². The molecule has 1 rings (SSSR count). The number of nitrogen functional groups attached to an aromatic ring is 1. The predicted molar refractivity (Wildman–Crippen MR) is 69.8 cm³/mol. The maximum Gasteiger partial charge on any atom is 0.133 e. The number of aliphatic hydroxyl groups is 1. The van der Waals surface area contributed by atoms with Crippen molar-refractivity contribution in [2.45, 2.75) is 52.2 Å². The summed E-state index contributed by atoms with van der Waals surface area (Å²) in [6.45, 7) is 5.86. The third-order valence-corrected chi connectivity index (χ3v) is 2.35. The standard InChI is InChI=1S/C12H22N4O/c1-4-5-11-15-10(13)7-12(16-11)14-8(2)6-9(3)17/h7-9,17H,4-6H2,1-3H3,(H3,13,14,15,16). The highest BCUT2D eigenvalue weighted by Gasteiger charge is 2.08. The Balaban J connectivity index is 2.69. The molecule has 5 nitrogen and oxygen atoms in total. The number of nitrogens with zero attached hydrogens (tertiary/aromatic N) is 2. The highest BCUT2D eigenvalue weighted by molar-refractivity contribution is 5.45. The van der Waals surface area contributed by atoms with E-state index in [1.807, 2.05) is 6.92 Å². The van der Waals surface area contributed by atoms with Gasteiger partial charge < -0.3 is 16.2 Å². The SMILES string of the molecule is CCCc1nc(N)cc(NC(C)CC(C)O)n1. The van der Waals surface area contributed by atoms with Crippen molar-refractivity contribution >= 4 is 11.6 Å². The highest BCUT2D eigenvalue weighted by Crippen LogP contribution is 2.12. The summed E-state index contributed by atoms with van der Waals surface area (Å²) >= 11 is 0. The molecule has 1 aromatic rings. The first-order chi connectivity index (χ1) is 8.01. The van der Waals surface area contributed by atoms with Crippen LogP contribution in [0.25, 0.3) is 0 Å². The van der Waals surface area contributed by atoms with Gasteiger partial charge in [-0.25, -0.2) is 9.97 Å². The van der Waals surface area contributed by atoms with E-state index in [1.165, 1.54) is 0 Å². The molecule has 17 heavy (non-hydrogen) atoms. The van der Waals surface area contributed by atoms with Crippen molar-refractivity contribution in [1.82, 2.24) is 9.97 Å². The van der Waals surface area contributed by atoms with Crippen LogP contribution in [0.3, 0.4) is 0 Å². The second-order valence-corrected chi connectivity index (χ2v) is 4.47. The average Bonchev–Trinajstić information content (AvgIpc) is 2.14. The van der Waals surface area contributed by atoms with Crippen LogP contribution in [-0.4, -0.2) is 27.2 Å². The lowest BCUT2D eigenvalue weighted by Gasteiger charge is -2.16. The minimum atomic E-state index is -0.327. The quantitative estimate of drug-likeness (QED) is 0.700. The molecule has 0 aliphatic carbocycles. The van der Waals surface area contributed by atoms with E-state index < -0.39 is 0 Å². The van der Waals surface area contributed by atoms with Crippen LogP contribution in [0.1, 0.15) is 39.4 Å². The van der Waals surface area contributed by atoms with Gasteiger partial charge in [0.2, 0.25) is 0 Å². The highest BCUT2D eigenvalue weighted by atomic mass is 16.3. The molecule has 2 atom stereocenters. The van der Waals surface area contributed by atoms with Gasteiger partial charge in [-0.2, -0.15) is 0 Å². The molecule has 0 aliphatic rings. The number of nitrogens with two attached hydrogens (primary N) is 1. The first-order valence-electron chi connectivity index (χ1n) is 6.09. The lowest BCUT2D eigenvalue weighted by atomic mass is 10.1. The van der Waals surface area contributed by atoms with Crippen molar-refractivity contribution < 1.29 is 5.11 Å². The monoisotopic (exact) mass is 238 g/mol. The number of anilines is 2. The predicted octanol–water partition coefficient (Wildman–Crippen LogP) is 1.58. The van der Waals surface area contributed by atoms with Crippen molar-refractivity contribution in [3.63, 3.8) is 0 Å². The molecule has 0 saturated heterocycles. The third kappa shape index (κ3) is 4.99. The molecule has 0 spiro atoms. The van der Waals surface area contributed by atoms with E-state index in [-0.39, 0.29) is 12.1 Å². The number of aromatic nitrogens is 2. The fourth-order valence-electron chi connectivity index (χ4n) is 1.75. The maximum absolute atomic E-state index is 9.30. The number of rotatable bonds is 6.